The molecule has 32 heavy (non-hydrogen) atoms. The van der Waals surface area contributed by atoms with E-state index in [1.807, 2.05) is 6.07 Å². The molecule has 0 saturated heterocycles. The molecule has 0 bridgehead atoms. The van der Waals surface area contributed by atoms with E-state index in [0.29, 0.717) is 34.1 Å². The van der Waals surface area contributed by atoms with Gasteiger partial charge in [-0.25, -0.2) is 5.43 Å². The third-order valence-corrected chi connectivity index (χ3v) is 4.85. The minimum absolute atomic E-state index is 0.271. The van der Waals surface area contributed by atoms with Crippen LogP contribution in [0.4, 0.5) is 30.7 Å². The van der Waals surface area contributed by atoms with E-state index >= 15 is 0 Å². The number of hydrogen-bond donors (Lipinski definition) is 1. The lowest BCUT2D eigenvalue weighted by atomic mass is 10.1. The third-order valence-electron chi connectivity index (χ3n) is 4.85. The molecule has 3 aromatic rings. The summed E-state index contributed by atoms with van der Waals surface area (Å²) in [5, 5.41) is 12.4. The van der Waals surface area contributed by atoms with E-state index in [0.717, 1.165) is 11.8 Å². The number of para-hydroxylation sites is 1. The summed E-state index contributed by atoms with van der Waals surface area (Å²) >= 11 is 0. The highest BCUT2D eigenvalue weighted by atomic mass is 19.4. The first-order chi connectivity index (χ1) is 14.9. The number of rotatable bonds is 6. The topological polar surface area (TPSA) is 53.1 Å². The highest BCUT2D eigenvalue weighted by Crippen LogP contribution is 2.45. The number of aromatic nitrogens is 1. The predicted molar refractivity (Wildman–Crippen MR) is 104 cm³/mol. The molecule has 0 radical (unpaired) electrons. The predicted octanol–water partition coefficient (Wildman–Crippen LogP) is 5.58. The standard InChI is InChI=1S/C21H15F7N4/c1-13-17(11-30-31-21(27,28)19(22,23)20(24,25)26)16-4-2-3-5-18(16)32(13)12-15-8-6-14(10-29)7-9-15/h2-9,11,31H,12H2,1H3/b30-11-. The van der Waals surface area contributed by atoms with Crippen LogP contribution in [-0.4, -0.2) is 28.9 Å². The van der Waals surface area contributed by atoms with Crippen molar-refractivity contribution in [1.29, 1.82) is 5.26 Å². The summed E-state index contributed by atoms with van der Waals surface area (Å²) in [7, 11) is 0. The van der Waals surface area contributed by atoms with Gasteiger partial charge in [0.25, 0.3) is 0 Å². The third kappa shape index (κ3) is 4.12. The number of hydrogen-bond acceptors (Lipinski definition) is 3. The largest absolute Gasteiger partial charge is 0.462 e. The second-order valence-electron chi connectivity index (χ2n) is 6.93. The highest BCUT2D eigenvalue weighted by Gasteiger charge is 2.73. The lowest BCUT2D eigenvalue weighted by molar-refractivity contribution is -0.361. The Balaban J connectivity index is 1.94. The second kappa shape index (κ2) is 8.18. The smallest absolute Gasteiger partial charge is 0.340 e. The van der Waals surface area contributed by atoms with Crippen molar-refractivity contribution in [3.63, 3.8) is 0 Å². The van der Waals surface area contributed by atoms with Gasteiger partial charge in [-0.2, -0.15) is 41.1 Å². The van der Waals surface area contributed by atoms with Crippen LogP contribution >= 0.6 is 0 Å². The minimum atomic E-state index is -6.45. The molecule has 3 rings (SSSR count). The molecule has 0 saturated carbocycles. The van der Waals surface area contributed by atoms with E-state index in [1.54, 1.807) is 60.0 Å². The van der Waals surface area contributed by atoms with Crippen molar-refractivity contribution in [2.75, 3.05) is 0 Å². The van der Waals surface area contributed by atoms with Crippen LogP contribution in [0.1, 0.15) is 22.4 Å². The molecule has 0 aliphatic rings. The summed E-state index contributed by atoms with van der Waals surface area (Å²) in [5.41, 5.74) is 3.40. The average Bonchev–Trinajstić information content (AvgIpc) is 2.99. The molecule has 4 nitrogen and oxygen atoms in total. The van der Waals surface area contributed by atoms with Crippen LogP contribution in [-0.2, 0) is 6.54 Å². The fourth-order valence-corrected chi connectivity index (χ4v) is 3.12. The Kier molecular flexibility index (Phi) is 5.91. The van der Waals surface area contributed by atoms with E-state index in [-0.39, 0.29) is 5.56 Å². The van der Waals surface area contributed by atoms with Crippen molar-refractivity contribution in [2.45, 2.75) is 31.6 Å². The molecule has 0 unspecified atom stereocenters. The molecule has 0 fully saturated rings. The number of alkyl halides is 7. The molecule has 168 valence electrons. The lowest BCUT2D eigenvalue weighted by Gasteiger charge is -2.27. The zero-order valence-corrected chi connectivity index (χ0v) is 16.4. The molecular formula is C21H15F7N4. The summed E-state index contributed by atoms with van der Waals surface area (Å²) in [6.45, 7) is 1.97. The summed E-state index contributed by atoms with van der Waals surface area (Å²) < 4.78 is 91.6. The first-order valence-electron chi connectivity index (χ1n) is 9.08. The van der Waals surface area contributed by atoms with Crippen LogP contribution in [0, 0.1) is 18.3 Å². The summed E-state index contributed by atoms with van der Waals surface area (Å²) in [5.74, 6) is -6.31. The van der Waals surface area contributed by atoms with Gasteiger partial charge in [0.2, 0.25) is 0 Å². The maximum absolute atomic E-state index is 13.4. The summed E-state index contributed by atoms with van der Waals surface area (Å²) in [4.78, 5) is 0. The van der Waals surface area contributed by atoms with E-state index in [9.17, 15) is 30.7 Å². The SMILES string of the molecule is Cc1c(/C=N\NC(F)(F)C(F)(F)C(F)(F)F)c2ccccc2n1Cc1ccc(C#N)cc1. The van der Waals surface area contributed by atoms with E-state index in [2.05, 4.69) is 5.10 Å². The monoisotopic (exact) mass is 456 g/mol. The van der Waals surface area contributed by atoms with Crippen LogP contribution < -0.4 is 5.43 Å². The van der Waals surface area contributed by atoms with Gasteiger partial charge in [0, 0.05) is 28.7 Å². The van der Waals surface area contributed by atoms with Crippen molar-refractivity contribution in [3.8, 4) is 6.07 Å². The maximum atomic E-state index is 13.4. The van der Waals surface area contributed by atoms with Crippen LogP contribution in [0.5, 0.6) is 0 Å². The molecule has 2 aromatic carbocycles. The number of nitriles is 1. The fourth-order valence-electron chi connectivity index (χ4n) is 3.12. The normalized spacial score (nSPS) is 13.0. The first-order valence-corrected chi connectivity index (χ1v) is 9.08. The second-order valence-corrected chi connectivity index (χ2v) is 6.93. The number of nitrogens with one attached hydrogen (secondary N) is 1. The van der Waals surface area contributed by atoms with E-state index in [4.69, 9.17) is 5.26 Å². The molecule has 11 heteroatoms. The van der Waals surface area contributed by atoms with E-state index in [1.165, 1.54) is 0 Å². The number of hydrazone groups is 1. The van der Waals surface area contributed by atoms with Crippen molar-refractivity contribution in [1.82, 2.24) is 9.99 Å². The highest BCUT2D eigenvalue weighted by molar-refractivity contribution is 6.01. The molecule has 0 amide bonds. The molecular weight excluding hydrogens is 441 g/mol. The van der Waals surface area contributed by atoms with Gasteiger partial charge >= 0.3 is 18.1 Å². The molecule has 1 heterocycles. The number of nitrogens with zero attached hydrogens (tertiary/aromatic N) is 3. The van der Waals surface area contributed by atoms with Crippen LogP contribution in [0.2, 0.25) is 0 Å². The van der Waals surface area contributed by atoms with Crippen molar-refractivity contribution in [2.24, 2.45) is 5.10 Å². The Hall–Kier alpha value is -3.55. The van der Waals surface area contributed by atoms with Gasteiger partial charge in [-0.05, 0) is 30.7 Å². The Morgan fingerprint density at radius 1 is 1.00 bits per heavy atom. The fraction of sp³-hybridized carbons (Fsp3) is 0.238. The molecule has 0 atom stereocenters. The minimum Gasteiger partial charge on any atom is -0.340 e. The van der Waals surface area contributed by atoms with E-state index < -0.39 is 18.1 Å². The van der Waals surface area contributed by atoms with Crippen LogP contribution in [0.3, 0.4) is 0 Å². The first kappa shape index (κ1) is 23.1. The molecule has 0 aliphatic carbocycles. The Morgan fingerprint density at radius 3 is 2.22 bits per heavy atom. The number of benzene rings is 2. The van der Waals surface area contributed by atoms with Gasteiger partial charge in [-0.15, -0.1) is 0 Å². The van der Waals surface area contributed by atoms with Crippen LogP contribution in [0.15, 0.2) is 53.6 Å². The molecule has 0 spiro atoms. The Bertz CT molecular complexity index is 1190. The molecule has 1 aromatic heterocycles. The Labute approximate surface area is 177 Å². The number of fused-ring (bicyclic) bond motifs is 1. The van der Waals surface area contributed by atoms with Gasteiger partial charge in [-0.1, -0.05) is 30.3 Å². The van der Waals surface area contributed by atoms with Gasteiger partial charge in [0.1, 0.15) is 0 Å². The van der Waals surface area contributed by atoms with Crippen molar-refractivity contribution >= 4 is 17.1 Å². The van der Waals surface area contributed by atoms with Gasteiger partial charge in [0.05, 0.1) is 17.8 Å². The van der Waals surface area contributed by atoms with Gasteiger partial charge in [-0.3, -0.25) is 0 Å². The summed E-state index contributed by atoms with van der Waals surface area (Å²) in [6.07, 6.45) is -5.67. The maximum Gasteiger partial charge on any atom is 0.462 e. The van der Waals surface area contributed by atoms with Gasteiger partial charge < -0.3 is 4.57 Å². The number of halogens is 7. The summed E-state index contributed by atoms with van der Waals surface area (Å²) in [6, 6.07) is 9.86. The average molecular weight is 456 g/mol. The molecule has 1 N–H and O–H groups in total. The lowest BCUT2D eigenvalue weighted by Crippen LogP contribution is -2.58. The zero-order chi connectivity index (χ0) is 23.7. The quantitative estimate of drug-likeness (QED) is 0.228. The zero-order valence-electron chi connectivity index (χ0n) is 16.4. The molecule has 0 aliphatic heterocycles. The van der Waals surface area contributed by atoms with Crippen molar-refractivity contribution < 1.29 is 30.7 Å². The van der Waals surface area contributed by atoms with Crippen LogP contribution in [0.25, 0.3) is 10.9 Å². The Morgan fingerprint density at radius 2 is 1.62 bits per heavy atom. The van der Waals surface area contributed by atoms with Gasteiger partial charge in [0.15, 0.2) is 0 Å². The van der Waals surface area contributed by atoms with Crippen molar-refractivity contribution in [3.05, 3.63) is 70.9 Å².